The van der Waals surface area contributed by atoms with Crippen LogP contribution in [-0.2, 0) is 0 Å². The molecule has 0 bridgehead atoms. The van der Waals surface area contributed by atoms with Gasteiger partial charge in [-0.15, -0.1) is 0 Å². The average molecular weight is 329 g/mol. The summed E-state index contributed by atoms with van der Waals surface area (Å²) < 4.78 is 0.823. The second-order valence-corrected chi connectivity index (χ2v) is 6.16. The maximum Gasteiger partial charge on any atom is 0.319 e. The fourth-order valence-corrected chi connectivity index (χ4v) is 1.71. The van der Waals surface area contributed by atoms with E-state index in [1.807, 2.05) is 39.0 Å². The quantitative estimate of drug-likeness (QED) is 0.794. The van der Waals surface area contributed by atoms with Crippen molar-refractivity contribution in [2.45, 2.75) is 33.3 Å². The number of aliphatic hydroxyl groups is 1. The molecule has 1 atom stereocenters. The van der Waals surface area contributed by atoms with Crippen molar-refractivity contribution in [3.63, 3.8) is 0 Å². The molecule has 0 radical (unpaired) electrons. The second kappa shape index (κ2) is 6.39. The molecule has 0 fully saturated rings. The Morgan fingerprint density at radius 2 is 2.11 bits per heavy atom. The lowest BCUT2D eigenvalue weighted by atomic mass is 9.93. The highest BCUT2D eigenvalue weighted by Crippen LogP contribution is 2.23. The Morgan fingerprint density at radius 1 is 1.47 bits per heavy atom. The lowest BCUT2D eigenvalue weighted by Gasteiger charge is -2.27. The smallest absolute Gasteiger partial charge is 0.319 e. The van der Waals surface area contributed by atoms with Gasteiger partial charge in [-0.05, 0) is 53.4 Å². The minimum Gasteiger partial charge on any atom is -0.388 e. The molecule has 1 rings (SSSR count). The summed E-state index contributed by atoms with van der Waals surface area (Å²) >= 11 is 3.38. The third kappa shape index (κ3) is 4.84. The van der Waals surface area contributed by atoms with E-state index in [2.05, 4.69) is 26.6 Å². The highest BCUT2D eigenvalue weighted by Gasteiger charge is 2.25. The molecular weight excluding hydrogens is 308 g/mol. The van der Waals surface area contributed by atoms with E-state index in [-0.39, 0.29) is 18.5 Å². The second-order valence-electron chi connectivity index (χ2n) is 5.30. The predicted molar refractivity (Wildman–Crippen MR) is 81.4 cm³/mol. The zero-order valence-corrected chi connectivity index (χ0v) is 13.3. The Hall–Kier alpha value is -1.07. The van der Waals surface area contributed by atoms with Crippen LogP contribution in [0.4, 0.5) is 10.5 Å². The normalized spacial score (nSPS) is 14.1. The van der Waals surface area contributed by atoms with Crippen LogP contribution in [0.5, 0.6) is 0 Å². The molecule has 2 amide bonds. The molecule has 0 spiro atoms. The van der Waals surface area contributed by atoms with Gasteiger partial charge in [0.25, 0.3) is 0 Å². The minimum atomic E-state index is -0.915. The number of aryl methyl sites for hydroxylation is 1. The fourth-order valence-electron chi connectivity index (χ4n) is 1.36. The zero-order valence-electron chi connectivity index (χ0n) is 11.7. The number of urea groups is 1. The maximum absolute atomic E-state index is 11.8. The van der Waals surface area contributed by atoms with E-state index < -0.39 is 5.60 Å². The first-order chi connectivity index (χ1) is 8.72. The van der Waals surface area contributed by atoms with Crippen molar-refractivity contribution < 1.29 is 9.90 Å². The molecule has 19 heavy (non-hydrogen) atoms. The predicted octanol–water partition coefficient (Wildman–Crippen LogP) is 3.29. The van der Waals surface area contributed by atoms with E-state index >= 15 is 0 Å². The van der Waals surface area contributed by atoms with Crippen molar-refractivity contribution in [2.24, 2.45) is 5.92 Å². The number of carbonyl (C=O) groups excluding carboxylic acids is 1. The van der Waals surface area contributed by atoms with E-state index in [1.54, 1.807) is 6.92 Å². The van der Waals surface area contributed by atoms with Gasteiger partial charge in [-0.25, -0.2) is 4.79 Å². The van der Waals surface area contributed by atoms with Gasteiger partial charge in [-0.1, -0.05) is 19.9 Å². The van der Waals surface area contributed by atoms with Gasteiger partial charge in [0.2, 0.25) is 0 Å². The van der Waals surface area contributed by atoms with Crippen LogP contribution >= 0.6 is 15.9 Å². The summed E-state index contributed by atoms with van der Waals surface area (Å²) in [6, 6.07) is 5.39. The van der Waals surface area contributed by atoms with Crippen LogP contribution in [0.3, 0.4) is 0 Å². The lowest BCUT2D eigenvalue weighted by Crippen LogP contribution is -2.45. The number of benzene rings is 1. The summed E-state index contributed by atoms with van der Waals surface area (Å²) in [7, 11) is 0. The summed E-state index contributed by atoms with van der Waals surface area (Å²) in [5.74, 6) is 0.0681. The number of carbonyl (C=O) groups is 1. The number of nitrogens with one attached hydrogen (secondary N) is 2. The van der Waals surface area contributed by atoms with Crippen molar-refractivity contribution in [3.05, 3.63) is 28.2 Å². The van der Waals surface area contributed by atoms with Gasteiger partial charge < -0.3 is 15.7 Å². The number of rotatable bonds is 4. The molecule has 106 valence electrons. The van der Waals surface area contributed by atoms with Gasteiger partial charge in [-0.2, -0.15) is 0 Å². The van der Waals surface area contributed by atoms with Crippen LogP contribution in [-0.4, -0.2) is 23.3 Å². The standard InChI is InChI=1S/C14H21BrN2O2/c1-9(2)14(4,19)8-16-13(18)17-12-7-10(3)5-6-11(12)15/h5-7,9,19H,8H2,1-4H3,(H2,16,17,18). The molecular formula is C14H21BrN2O2. The third-order valence-electron chi connectivity index (χ3n) is 3.22. The van der Waals surface area contributed by atoms with Crippen molar-refractivity contribution in [1.29, 1.82) is 0 Å². The van der Waals surface area contributed by atoms with E-state index in [9.17, 15) is 9.90 Å². The van der Waals surface area contributed by atoms with Crippen molar-refractivity contribution in [1.82, 2.24) is 5.32 Å². The molecule has 4 nitrogen and oxygen atoms in total. The van der Waals surface area contributed by atoms with Crippen LogP contribution in [0.1, 0.15) is 26.3 Å². The first-order valence-electron chi connectivity index (χ1n) is 6.26. The first kappa shape index (κ1) is 16.0. The van der Waals surface area contributed by atoms with Crippen molar-refractivity contribution >= 4 is 27.6 Å². The van der Waals surface area contributed by atoms with E-state index in [4.69, 9.17) is 0 Å². The Kier molecular flexibility index (Phi) is 5.38. The highest BCUT2D eigenvalue weighted by atomic mass is 79.9. The summed E-state index contributed by atoms with van der Waals surface area (Å²) in [6.45, 7) is 7.70. The molecule has 0 saturated carbocycles. The molecule has 0 aromatic heterocycles. The molecule has 1 aromatic rings. The minimum absolute atomic E-state index is 0.0681. The van der Waals surface area contributed by atoms with Crippen LogP contribution in [0.25, 0.3) is 0 Å². The van der Waals surface area contributed by atoms with Crippen LogP contribution < -0.4 is 10.6 Å². The van der Waals surface area contributed by atoms with E-state index in [0.717, 1.165) is 10.0 Å². The van der Waals surface area contributed by atoms with E-state index in [1.165, 1.54) is 0 Å². The Labute approximate surface area is 122 Å². The van der Waals surface area contributed by atoms with Crippen LogP contribution in [0, 0.1) is 12.8 Å². The third-order valence-corrected chi connectivity index (χ3v) is 3.91. The average Bonchev–Trinajstić information content (AvgIpc) is 2.31. The van der Waals surface area contributed by atoms with Gasteiger partial charge in [0.1, 0.15) is 0 Å². The van der Waals surface area contributed by atoms with Gasteiger partial charge in [0.05, 0.1) is 11.3 Å². The Bertz CT molecular complexity index is 459. The van der Waals surface area contributed by atoms with Crippen molar-refractivity contribution in [2.75, 3.05) is 11.9 Å². The molecule has 3 N–H and O–H groups in total. The van der Waals surface area contributed by atoms with Gasteiger partial charge in [0, 0.05) is 11.0 Å². The number of anilines is 1. The number of amides is 2. The monoisotopic (exact) mass is 328 g/mol. The largest absolute Gasteiger partial charge is 0.388 e. The van der Waals surface area contributed by atoms with Gasteiger partial charge in [0.15, 0.2) is 0 Å². The molecule has 0 aliphatic heterocycles. The van der Waals surface area contributed by atoms with Gasteiger partial charge in [-0.3, -0.25) is 0 Å². The summed E-state index contributed by atoms with van der Waals surface area (Å²) in [4.78, 5) is 11.8. The fraction of sp³-hybridized carbons (Fsp3) is 0.500. The molecule has 0 aliphatic rings. The van der Waals surface area contributed by atoms with E-state index in [0.29, 0.717) is 5.69 Å². The topological polar surface area (TPSA) is 61.4 Å². The van der Waals surface area contributed by atoms with Crippen LogP contribution in [0.2, 0.25) is 0 Å². The van der Waals surface area contributed by atoms with Gasteiger partial charge >= 0.3 is 6.03 Å². The first-order valence-corrected chi connectivity index (χ1v) is 7.05. The SMILES string of the molecule is Cc1ccc(Br)c(NC(=O)NCC(C)(O)C(C)C)c1. The Balaban J connectivity index is 2.59. The molecule has 1 aromatic carbocycles. The molecule has 0 heterocycles. The lowest BCUT2D eigenvalue weighted by molar-refractivity contribution is 0.0170. The van der Waals surface area contributed by atoms with Crippen molar-refractivity contribution in [3.8, 4) is 0 Å². The number of hydrogen-bond acceptors (Lipinski definition) is 2. The highest BCUT2D eigenvalue weighted by molar-refractivity contribution is 9.10. The number of halogens is 1. The summed E-state index contributed by atoms with van der Waals surface area (Å²) in [5.41, 5.74) is 0.857. The molecule has 1 unspecified atom stereocenters. The zero-order chi connectivity index (χ0) is 14.6. The maximum atomic E-state index is 11.8. The number of hydrogen-bond donors (Lipinski definition) is 3. The summed E-state index contributed by atoms with van der Waals surface area (Å²) in [5, 5.41) is 15.5. The molecule has 5 heteroatoms. The summed E-state index contributed by atoms with van der Waals surface area (Å²) in [6.07, 6.45) is 0. The molecule has 0 aliphatic carbocycles. The molecule has 0 saturated heterocycles. The van der Waals surface area contributed by atoms with Crippen LogP contribution in [0.15, 0.2) is 22.7 Å². The Morgan fingerprint density at radius 3 is 2.68 bits per heavy atom.